The second-order valence-electron chi connectivity index (χ2n) is 3.38. The minimum atomic E-state index is -0.264. The molecule has 0 spiro atoms. The van der Waals surface area contributed by atoms with Crippen LogP contribution >= 0.6 is 23.2 Å². The fourth-order valence-corrected chi connectivity index (χ4v) is 1.46. The molecule has 84 valence electrons. The van der Waals surface area contributed by atoms with Crippen molar-refractivity contribution in [3.8, 4) is 11.5 Å². The number of nitrogens with zero attached hydrogens (tertiary/aromatic N) is 2. The topological polar surface area (TPSA) is 64.9 Å². The Morgan fingerprint density at radius 3 is 2.62 bits per heavy atom. The van der Waals surface area contributed by atoms with Gasteiger partial charge in [0, 0.05) is 5.56 Å². The van der Waals surface area contributed by atoms with Gasteiger partial charge in [-0.25, -0.2) is 0 Å². The van der Waals surface area contributed by atoms with Crippen LogP contribution in [-0.4, -0.2) is 10.1 Å². The molecule has 2 rings (SSSR count). The molecule has 0 aliphatic rings. The fourth-order valence-electron chi connectivity index (χ4n) is 1.17. The summed E-state index contributed by atoms with van der Waals surface area (Å²) < 4.78 is 5.06. The van der Waals surface area contributed by atoms with Crippen LogP contribution in [0.25, 0.3) is 11.5 Å². The van der Waals surface area contributed by atoms with Crippen molar-refractivity contribution >= 4 is 23.2 Å². The SMILES string of the molecule is CC(N)c1noc(-c2ccc(Cl)c(Cl)c2)n1. The van der Waals surface area contributed by atoms with E-state index in [2.05, 4.69) is 10.1 Å². The molecule has 4 nitrogen and oxygen atoms in total. The Bertz CT molecular complexity index is 511. The fraction of sp³-hybridized carbons (Fsp3) is 0.200. The summed E-state index contributed by atoms with van der Waals surface area (Å²) in [5.74, 6) is 0.840. The Balaban J connectivity index is 2.39. The van der Waals surface area contributed by atoms with E-state index in [1.807, 2.05) is 0 Å². The molecule has 1 aromatic heterocycles. The molecular weight excluding hydrogens is 249 g/mol. The maximum Gasteiger partial charge on any atom is 0.258 e. The van der Waals surface area contributed by atoms with Crippen LogP contribution in [0.3, 0.4) is 0 Å². The Morgan fingerprint density at radius 2 is 2.06 bits per heavy atom. The number of rotatable bonds is 2. The van der Waals surface area contributed by atoms with Gasteiger partial charge < -0.3 is 10.3 Å². The van der Waals surface area contributed by atoms with Crippen molar-refractivity contribution in [2.24, 2.45) is 5.73 Å². The van der Waals surface area contributed by atoms with Crippen LogP contribution in [0.2, 0.25) is 10.0 Å². The van der Waals surface area contributed by atoms with E-state index < -0.39 is 0 Å². The summed E-state index contributed by atoms with van der Waals surface area (Å²) in [6, 6.07) is 4.84. The molecule has 2 aromatic rings. The van der Waals surface area contributed by atoms with Crippen LogP contribution in [0.5, 0.6) is 0 Å². The van der Waals surface area contributed by atoms with Crippen LogP contribution < -0.4 is 5.73 Å². The molecule has 0 fully saturated rings. The third kappa shape index (κ3) is 2.19. The summed E-state index contributed by atoms with van der Waals surface area (Å²) in [6.45, 7) is 1.78. The monoisotopic (exact) mass is 257 g/mol. The van der Waals surface area contributed by atoms with E-state index in [1.54, 1.807) is 25.1 Å². The smallest absolute Gasteiger partial charge is 0.258 e. The van der Waals surface area contributed by atoms with Crippen LogP contribution in [0.1, 0.15) is 18.8 Å². The number of halogens is 2. The van der Waals surface area contributed by atoms with Gasteiger partial charge in [-0.1, -0.05) is 28.4 Å². The average molecular weight is 258 g/mol. The lowest BCUT2D eigenvalue weighted by Gasteiger charge is -1.97. The minimum absolute atomic E-state index is 0.264. The van der Waals surface area contributed by atoms with Gasteiger partial charge >= 0.3 is 0 Å². The lowest BCUT2D eigenvalue weighted by atomic mass is 10.2. The molecule has 0 aliphatic heterocycles. The van der Waals surface area contributed by atoms with Crippen molar-refractivity contribution in [2.75, 3.05) is 0 Å². The van der Waals surface area contributed by atoms with Crippen LogP contribution in [0.15, 0.2) is 22.7 Å². The number of hydrogen-bond acceptors (Lipinski definition) is 4. The molecule has 1 aromatic carbocycles. The Hall–Kier alpha value is -1.10. The highest BCUT2D eigenvalue weighted by atomic mass is 35.5. The molecule has 6 heteroatoms. The molecule has 0 aliphatic carbocycles. The molecule has 0 radical (unpaired) electrons. The summed E-state index contributed by atoms with van der Waals surface area (Å²) >= 11 is 11.7. The largest absolute Gasteiger partial charge is 0.334 e. The third-order valence-electron chi connectivity index (χ3n) is 2.02. The first kappa shape index (κ1) is 11.4. The lowest BCUT2D eigenvalue weighted by Crippen LogP contribution is -2.06. The summed E-state index contributed by atoms with van der Waals surface area (Å²) in [5.41, 5.74) is 6.34. The highest BCUT2D eigenvalue weighted by Crippen LogP contribution is 2.27. The van der Waals surface area contributed by atoms with Crippen molar-refractivity contribution in [3.63, 3.8) is 0 Å². The standard InChI is InChI=1S/C10H9Cl2N3O/c1-5(13)9-14-10(16-15-9)6-2-3-7(11)8(12)4-6/h2-5H,13H2,1H3. The van der Waals surface area contributed by atoms with Gasteiger partial charge in [-0.05, 0) is 25.1 Å². The second-order valence-corrected chi connectivity index (χ2v) is 4.19. The van der Waals surface area contributed by atoms with Crippen LogP contribution in [-0.2, 0) is 0 Å². The molecule has 0 saturated heterocycles. The van der Waals surface area contributed by atoms with Gasteiger partial charge in [0.15, 0.2) is 5.82 Å². The quantitative estimate of drug-likeness (QED) is 0.898. The molecule has 1 unspecified atom stereocenters. The summed E-state index contributed by atoms with van der Waals surface area (Å²) in [7, 11) is 0. The zero-order valence-electron chi connectivity index (χ0n) is 8.45. The minimum Gasteiger partial charge on any atom is -0.334 e. The normalized spacial score (nSPS) is 12.8. The van der Waals surface area contributed by atoms with Gasteiger partial charge in [-0.2, -0.15) is 4.98 Å². The molecule has 0 bridgehead atoms. The first-order valence-electron chi connectivity index (χ1n) is 4.62. The zero-order valence-corrected chi connectivity index (χ0v) is 9.96. The number of nitrogens with two attached hydrogens (primary N) is 1. The maximum atomic E-state index is 5.89. The van der Waals surface area contributed by atoms with E-state index in [9.17, 15) is 0 Å². The van der Waals surface area contributed by atoms with Crippen LogP contribution in [0.4, 0.5) is 0 Å². The van der Waals surface area contributed by atoms with Crippen molar-refractivity contribution in [1.82, 2.24) is 10.1 Å². The maximum absolute atomic E-state index is 5.89. The van der Waals surface area contributed by atoms with Crippen molar-refractivity contribution in [3.05, 3.63) is 34.1 Å². The second kappa shape index (κ2) is 4.41. The summed E-state index contributed by atoms with van der Waals surface area (Å²) in [5, 5.41) is 4.68. The average Bonchev–Trinajstić information content (AvgIpc) is 2.71. The zero-order chi connectivity index (χ0) is 11.7. The van der Waals surface area contributed by atoms with Gasteiger partial charge in [-0.15, -0.1) is 0 Å². The van der Waals surface area contributed by atoms with E-state index in [-0.39, 0.29) is 6.04 Å². The predicted octanol–water partition coefficient (Wildman–Crippen LogP) is 3.06. The highest BCUT2D eigenvalue weighted by Gasteiger charge is 2.12. The van der Waals surface area contributed by atoms with Crippen LogP contribution in [0, 0.1) is 0 Å². The molecule has 1 atom stereocenters. The first-order chi connectivity index (χ1) is 7.58. The Morgan fingerprint density at radius 1 is 1.31 bits per heavy atom. The number of hydrogen-bond donors (Lipinski definition) is 1. The number of benzene rings is 1. The van der Waals surface area contributed by atoms with Gasteiger partial charge in [0.2, 0.25) is 0 Å². The van der Waals surface area contributed by atoms with Crippen molar-refractivity contribution in [2.45, 2.75) is 13.0 Å². The van der Waals surface area contributed by atoms with Gasteiger partial charge in [0.05, 0.1) is 16.1 Å². The van der Waals surface area contributed by atoms with Crippen molar-refractivity contribution < 1.29 is 4.52 Å². The first-order valence-corrected chi connectivity index (χ1v) is 5.38. The van der Waals surface area contributed by atoms with Gasteiger partial charge in [0.25, 0.3) is 5.89 Å². The summed E-state index contributed by atoms with van der Waals surface area (Å²) in [6.07, 6.45) is 0. The number of aromatic nitrogens is 2. The lowest BCUT2D eigenvalue weighted by molar-refractivity contribution is 0.418. The Kier molecular flexibility index (Phi) is 3.14. The molecule has 0 amide bonds. The summed E-state index contributed by atoms with van der Waals surface area (Å²) in [4.78, 5) is 4.15. The molecule has 2 N–H and O–H groups in total. The predicted molar refractivity (Wildman–Crippen MR) is 62.4 cm³/mol. The van der Waals surface area contributed by atoms with E-state index in [0.29, 0.717) is 27.3 Å². The van der Waals surface area contributed by atoms with Gasteiger partial charge in [0.1, 0.15) is 0 Å². The molecule has 1 heterocycles. The third-order valence-corrected chi connectivity index (χ3v) is 2.75. The Labute approximate surface area is 102 Å². The van der Waals surface area contributed by atoms with E-state index in [0.717, 1.165) is 0 Å². The molecular formula is C10H9Cl2N3O. The van der Waals surface area contributed by atoms with Gasteiger partial charge in [-0.3, -0.25) is 0 Å². The van der Waals surface area contributed by atoms with E-state index in [1.165, 1.54) is 0 Å². The van der Waals surface area contributed by atoms with E-state index in [4.69, 9.17) is 33.5 Å². The highest BCUT2D eigenvalue weighted by molar-refractivity contribution is 6.42. The molecule has 16 heavy (non-hydrogen) atoms. The molecule has 0 saturated carbocycles. The van der Waals surface area contributed by atoms with Crippen molar-refractivity contribution in [1.29, 1.82) is 0 Å². The van der Waals surface area contributed by atoms with E-state index >= 15 is 0 Å².